The van der Waals surface area contributed by atoms with E-state index in [4.69, 9.17) is 4.74 Å². The molecule has 11 rings (SSSR count). The largest absolute Gasteiger partial charge is 0.453 e. The third-order valence-electron chi connectivity index (χ3n) is 11.8. The summed E-state index contributed by atoms with van der Waals surface area (Å²) < 4.78 is 6.68. The zero-order valence-electron chi connectivity index (χ0n) is 31.3. The van der Waals surface area contributed by atoms with Crippen LogP contribution in [0.15, 0.2) is 194 Å². The number of nitrogens with zero attached hydrogens (tertiary/aromatic N) is 2. The lowest BCUT2D eigenvalue weighted by molar-refractivity contribution is 0.472. The first-order chi connectivity index (χ1) is 27.5. The number of anilines is 6. The Hall–Kier alpha value is -7.10. The maximum Gasteiger partial charge on any atom is 0.152 e. The fourth-order valence-corrected chi connectivity index (χ4v) is 9.01. The van der Waals surface area contributed by atoms with E-state index in [9.17, 15) is 0 Å². The van der Waals surface area contributed by atoms with Gasteiger partial charge in [0.1, 0.15) is 0 Å². The molecule has 0 saturated carbocycles. The van der Waals surface area contributed by atoms with E-state index in [2.05, 4.69) is 218 Å². The number of fused-ring (bicyclic) bond motifs is 7. The van der Waals surface area contributed by atoms with Crippen molar-refractivity contribution < 1.29 is 4.74 Å². The fourth-order valence-electron chi connectivity index (χ4n) is 9.01. The first kappa shape index (κ1) is 32.3. The van der Waals surface area contributed by atoms with Crippen LogP contribution < -0.4 is 14.5 Å². The lowest BCUT2D eigenvalue weighted by Crippen LogP contribution is -2.32. The van der Waals surface area contributed by atoms with Gasteiger partial charge >= 0.3 is 0 Å². The second kappa shape index (κ2) is 12.5. The normalized spacial score (nSPS) is 13.4. The molecule has 3 nitrogen and oxygen atoms in total. The van der Waals surface area contributed by atoms with Crippen LogP contribution in [0, 0.1) is 0 Å². The lowest BCUT2D eigenvalue weighted by atomic mass is 9.73. The van der Waals surface area contributed by atoms with Crippen molar-refractivity contribution in [2.75, 3.05) is 9.80 Å². The number of rotatable bonds is 5. The van der Waals surface area contributed by atoms with E-state index in [0.29, 0.717) is 0 Å². The smallest absolute Gasteiger partial charge is 0.152 e. The summed E-state index contributed by atoms with van der Waals surface area (Å²) in [6, 6.07) is 70.2. The van der Waals surface area contributed by atoms with Crippen molar-refractivity contribution >= 4 is 55.7 Å². The highest BCUT2D eigenvalue weighted by Crippen LogP contribution is 2.61. The van der Waals surface area contributed by atoms with Crippen molar-refractivity contribution in [3.05, 3.63) is 205 Å². The molecule has 2 heterocycles. The van der Waals surface area contributed by atoms with Crippen molar-refractivity contribution in [3.63, 3.8) is 0 Å². The minimum atomic E-state index is -0.306. The van der Waals surface area contributed by atoms with E-state index in [1.165, 1.54) is 60.6 Å². The third-order valence-corrected chi connectivity index (χ3v) is 11.8. The van der Waals surface area contributed by atoms with Crippen molar-refractivity contribution in [2.45, 2.75) is 19.3 Å². The van der Waals surface area contributed by atoms with E-state index in [-0.39, 0.29) is 5.41 Å². The highest BCUT2D eigenvalue weighted by molar-refractivity contribution is 6.06. The van der Waals surface area contributed by atoms with Gasteiger partial charge in [-0.25, -0.2) is 0 Å². The summed E-state index contributed by atoms with van der Waals surface area (Å²) in [6.07, 6.45) is 0. The second-order valence-electron chi connectivity index (χ2n) is 15.4. The molecule has 266 valence electrons. The number of ether oxygens (including phenoxy) is 1. The predicted octanol–water partition coefficient (Wildman–Crippen LogP) is 15.0. The molecule has 0 N–H and O–H groups in total. The van der Waals surface area contributed by atoms with E-state index in [1.54, 1.807) is 0 Å². The van der Waals surface area contributed by atoms with Gasteiger partial charge in [0, 0.05) is 27.9 Å². The van der Waals surface area contributed by atoms with Crippen molar-refractivity contribution in [1.82, 2.24) is 0 Å². The van der Waals surface area contributed by atoms with Crippen LogP contribution in [-0.2, 0) is 5.41 Å². The lowest BCUT2D eigenvalue weighted by Gasteiger charge is -2.45. The third kappa shape index (κ3) is 4.98. The molecule has 0 spiro atoms. The van der Waals surface area contributed by atoms with E-state index in [0.717, 1.165) is 39.9 Å². The fraction of sp³-hybridized carbons (Fsp3) is 0.0566. The van der Waals surface area contributed by atoms with Crippen molar-refractivity contribution in [2.24, 2.45) is 0 Å². The molecule has 0 atom stereocenters. The van der Waals surface area contributed by atoms with E-state index in [1.807, 2.05) is 0 Å². The van der Waals surface area contributed by atoms with Crippen LogP contribution in [0.25, 0.3) is 43.8 Å². The summed E-state index contributed by atoms with van der Waals surface area (Å²) in [7, 11) is 0. The summed E-state index contributed by atoms with van der Waals surface area (Å²) in [5.74, 6) is 1.76. The summed E-state index contributed by atoms with van der Waals surface area (Å²) in [5, 5.41) is 4.87. The van der Waals surface area contributed by atoms with Crippen molar-refractivity contribution in [3.8, 4) is 33.8 Å². The van der Waals surface area contributed by atoms with E-state index >= 15 is 0 Å². The minimum absolute atomic E-state index is 0.306. The minimum Gasteiger partial charge on any atom is -0.453 e. The maximum absolute atomic E-state index is 6.68. The first-order valence-electron chi connectivity index (χ1n) is 19.3. The molecule has 0 aliphatic carbocycles. The quantitative estimate of drug-likeness (QED) is 0.176. The van der Waals surface area contributed by atoms with Gasteiger partial charge in [-0.05, 0) is 104 Å². The van der Waals surface area contributed by atoms with Gasteiger partial charge in [0.25, 0.3) is 0 Å². The van der Waals surface area contributed by atoms with Gasteiger partial charge in [-0.3, -0.25) is 0 Å². The molecule has 0 fully saturated rings. The van der Waals surface area contributed by atoms with Gasteiger partial charge in [0.05, 0.1) is 17.1 Å². The Morgan fingerprint density at radius 2 is 1.02 bits per heavy atom. The molecule has 2 aliphatic rings. The maximum atomic E-state index is 6.68. The van der Waals surface area contributed by atoms with E-state index < -0.39 is 0 Å². The van der Waals surface area contributed by atoms with Crippen LogP contribution in [0.2, 0.25) is 0 Å². The first-order valence-corrected chi connectivity index (χ1v) is 19.3. The number of hydrogen-bond donors (Lipinski definition) is 0. The van der Waals surface area contributed by atoms with Gasteiger partial charge in [0.15, 0.2) is 11.5 Å². The van der Waals surface area contributed by atoms with Gasteiger partial charge in [0.2, 0.25) is 0 Å². The molecule has 9 aromatic carbocycles. The van der Waals surface area contributed by atoms with Crippen LogP contribution in [0.3, 0.4) is 0 Å². The molecule has 0 unspecified atom stereocenters. The summed E-state index contributed by atoms with van der Waals surface area (Å²) in [5.41, 5.74) is 13.7. The summed E-state index contributed by atoms with van der Waals surface area (Å²) in [4.78, 5) is 4.85. The van der Waals surface area contributed by atoms with Crippen LogP contribution in [0.5, 0.6) is 11.5 Å². The Labute approximate surface area is 327 Å². The van der Waals surface area contributed by atoms with Crippen LogP contribution in [-0.4, -0.2) is 0 Å². The zero-order chi connectivity index (χ0) is 37.4. The number of benzene rings is 9. The Kier molecular flexibility index (Phi) is 7.20. The Balaban J connectivity index is 1.09. The second-order valence-corrected chi connectivity index (χ2v) is 15.4. The van der Waals surface area contributed by atoms with Gasteiger partial charge < -0.3 is 14.5 Å². The SMILES string of the molecule is CC1(C)c2cc(N(c3ccc(-c4ccccc4)cc3)c3ccc(-c4cccc5ccccc45)cc3)ccc2N2c3c(cccc31)Oc1ccc3ccccc3c12. The van der Waals surface area contributed by atoms with Gasteiger partial charge in [-0.1, -0.05) is 153 Å². The van der Waals surface area contributed by atoms with Crippen molar-refractivity contribution in [1.29, 1.82) is 0 Å². The number of para-hydroxylation sites is 1. The number of hydrogen-bond acceptors (Lipinski definition) is 3. The molecule has 0 saturated heterocycles. The average Bonchev–Trinajstić information content (AvgIpc) is 3.26. The molecular formula is C53H38N2O. The molecule has 0 aromatic heterocycles. The topological polar surface area (TPSA) is 15.7 Å². The highest BCUT2D eigenvalue weighted by atomic mass is 16.5. The highest BCUT2D eigenvalue weighted by Gasteiger charge is 2.42. The molecule has 3 heteroatoms. The molecular weight excluding hydrogens is 681 g/mol. The Bertz CT molecular complexity index is 2960. The molecule has 0 radical (unpaired) electrons. The summed E-state index contributed by atoms with van der Waals surface area (Å²) in [6.45, 7) is 4.69. The summed E-state index contributed by atoms with van der Waals surface area (Å²) >= 11 is 0. The molecule has 2 aliphatic heterocycles. The molecule has 9 aromatic rings. The molecule has 0 bridgehead atoms. The van der Waals surface area contributed by atoms with Crippen LogP contribution in [0.1, 0.15) is 25.0 Å². The van der Waals surface area contributed by atoms with Gasteiger partial charge in [-0.15, -0.1) is 0 Å². The monoisotopic (exact) mass is 718 g/mol. The molecule has 56 heavy (non-hydrogen) atoms. The Morgan fingerprint density at radius 1 is 0.429 bits per heavy atom. The standard InChI is InChI=1S/C53H38N2O/c1-53(2)46-20-11-21-49-52(46)55(51-45-18-9-7-15-38(45)26-33-50(51)56-49)48-32-31-42(34-47(48)53)54(40-27-22-36(23-28-40)35-12-4-3-5-13-35)41-29-24-39(25-30-41)44-19-10-16-37-14-6-8-17-43(37)44/h3-34H,1-2H3. The van der Waals surface area contributed by atoms with Gasteiger partial charge in [-0.2, -0.15) is 0 Å². The van der Waals surface area contributed by atoms with Crippen LogP contribution >= 0.6 is 0 Å². The predicted molar refractivity (Wildman–Crippen MR) is 234 cm³/mol. The zero-order valence-corrected chi connectivity index (χ0v) is 31.3. The average molecular weight is 719 g/mol. The van der Waals surface area contributed by atoms with Crippen LogP contribution in [0.4, 0.5) is 34.1 Å². The Morgan fingerprint density at radius 3 is 1.79 bits per heavy atom. The molecule has 0 amide bonds.